The minimum atomic E-state index is -0.346. The van der Waals surface area contributed by atoms with Crippen LogP contribution in [0.1, 0.15) is 86.0 Å². The average Bonchev–Trinajstić information content (AvgIpc) is 2.91. The van der Waals surface area contributed by atoms with Crippen LogP contribution in [0.5, 0.6) is 0 Å². The van der Waals surface area contributed by atoms with Gasteiger partial charge in [0.05, 0.1) is 0 Å². The van der Waals surface area contributed by atoms with E-state index in [1.54, 1.807) is 6.92 Å². The first-order chi connectivity index (χ1) is 13.1. The molecule has 0 N–H and O–H groups in total. The average molecular weight is 389 g/mol. The van der Waals surface area contributed by atoms with Gasteiger partial charge in [-0.25, -0.2) is 0 Å². The first-order valence-electron chi connectivity index (χ1n) is 11.1. The van der Waals surface area contributed by atoms with Gasteiger partial charge in [0, 0.05) is 25.7 Å². The summed E-state index contributed by atoms with van der Waals surface area (Å²) in [4.78, 5) is 23.2. The maximum Gasteiger partial charge on any atom is 0.303 e. The van der Waals surface area contributed by atoms with Gasteiger partial charge in [-0.2, -0.15) is 0 Å². The second kappa shape index (κ2) is 6.60. The van der Waals surface area contributed by atoms with Gasteiger partial charge in [0.1, 0.15) is 11.7 Å². The summed E-state index contributed by atoms with van der Waals surface area (Å²) in [6.45, 7) is 9.99. The minimum absolute atomic E-state index is 0.0905. The molecule has 0 unspecified atom stereocenters. The summed E-state index contributed by atoms with van der Waals surface area (Å²) in [5.41, 5.74) is 1.53. The van der Waals surface area contributed by atoms with Crippen molar-refractivity contribution in [3.8, 4) is 0 Å². The topological polar surface area (TPSA) is 52.6 Å². The summed E-state index contributed by atoms with van der Waals surface area (Å²) in [7, 11) is 0. The molecular weight excluding hydrogens is 352 g/mol. The van der Waals surface area contributed by atoms with Crippen molar-refractivity contribution in [2.75, 3.05) is 0 Å². The fraction of sp³-hybridized carbons (Fsp3) is 0.833. The molecule has 0 heterocycles. The van der Waals surface area contributed by atoms with Crippen LogP contribution in [0.4, 0.5) is 0 Å². The van der Waals surface area contributed by atoms with Crippen molar-refractivity contribution in [2.45, 2.75) is 97.7 Å². The molecule has 0 aromatic carbocycles. The SMILES string of the molecule is CC(=O)O[C@@H]1CC[C@@H]2[C@@H]3CC=C4C[C@@](C)(OC(C)=O)CC[C@]4(C)[C@@H]3CC[C@@]21C. The highest BCUT2D eigenvalue weighted by Gasteiger charge is 2.60. The van der Waals surface area contributed by atoms with Gasteiger partial charge in [0.15, 0.2) is 0 Å². The maximum atomic E-state index is 11.6. The summed E-state index contributed by atoms with van der Waals surface area (Å²) in [6, 6.07) is 0. The van der Waals surface area contributed by atoms with Crippen LogP contribution in [0.25, 0.3) is 0 Å². The molecule has 7 atom stereocenters. The number of carbonyl (C=O) groups is 2. The van der Waals surface area contributed by atoms with E-state index in [-0.39, 0.29) is 34.5 Å². The second-order valence-electron chi connectivity index (χ2n) is 10.7. The molecule has 4 aliphatic rings. The Bertz CT molecular complexity index is 711. The van der Waals surface area contributed by atoms with Crippen molar-refractivity contribution < 1.29 is 19.1 Å². The number of allylic oxidation sites excluding steroid dienone is 1. The van der Waals surface area contributed by atoms with Crippen LogP contribution in [0.2, 0.25) is 0 Å². The predicted octanol–water partition coefficient (Wildman–Crippen LogP) is 5.20. The summed E-state index contributed by atoms with van der Waals surface area (Å²) < 4.78 is 11.5. The smallest absolute Gasteiger partial charge is 0.303 e. The number of rotatable bonds is 2. The maximum absolute atomic E-state index is 11.6. The minimum Gasteiger partial charge on any atom is -0.462 e. The Kier molecular flexibility index (Phi) is 4.71. The Morgan fingerprint density at radius 3 is 2.39 bits per heavy atom. The fourth-order valence-electron chi connectivity index (χ4n) is 7.57. The van der Waals surface area contributed by atoms with E-state index >= 15 is 0 Å². The third-order valence-electron chi connectivity index (χ3n) is 8.97. The highest BCUT2D eigenvalue weighted by molar-refractivity contribution is 5.66. The number of hydrogen-bond donors (Lipinski definition) is 0. The first kappa shape index (κ1) is 20.0. The normalized spacial score (nSPS) is 47.2. The van der Waals surface area contributed by atoms with E-state index < -0.39 is 0 Å². The van der Waals surface area contributed by atoms with Crippen molar-refractivity contribution in [3.05, 3.63) is 11.6 Å². The molecular formula is C24H36O4. The molecule has 0 aromatic rings. The van der Waals surface area contributed by atoms with E-state index in [1.165, 1.54) is 25.3 Å². The van der Waals surface area contributed by atoms with Crippen LogP contribution >= 0.6 is 0 Å². The summed E-state index contributed by atoms with van der Waals surface area (Å²) in [6.07, 6.45) is 11.2. The lowest BCUT2D eigenvalue weighted by Gasteiger charge is -2.58. The number of hydrogen-bond acceptors (Lipinski definition) is 4. The third-order valence-corrected chi connectivity index (χ3v) is 8.97. The lowest BCUT2D eigenvalue weighted by atomic mass is 9.47. The Labute approximate surface area is 169 Å². The third kappa shape index (κ3) is 3.02. The molecule has 4 heteroatoms. The van der Waals surface area contributed by atoms with Gasteiger partial charge in [0.25, 0.3) is 0 Å². The van der Waals surface area contributed by atoms with E-state index in [0.29, 0.717) is 17.8 Å². The van der Waals surface area contributed by atoms with E-state index in [2.05, 4.69) is 26.8 Å². The van der Waals surface area contributed by atoms with Crippen LogP contribution in [-0.2, 0) is 19.1 Å². The number of carbonyl (C=O) groups excluding carboxylic acids is 2. The van der Waals surface area contributed by atoms with Gasteiger partial charge in [-0.1, -0.05) is 25.5 Å². The van der Waals surface area contributed by atoms with Gasteiger partial charge in [0.2, 0.25) is 0 Å². The van der Waals surface area contributed by atoms with Gasteiger partial charge in [-0.05, 0) is 75.0 Å². The van der Waals surface area contributed by atoms with Crippen LogP contribution in [0, 0.1) is 28.6 Å². The van der Waals surface area contributed by atoms with Gasteiger partial charge in [-0.15, -0.1) is 0 Å². The Hall–Kier alpha value is -1.32. The summed E-state index contributed by atoms with van der Waals surface area (Å²) in [5, 5.41) is 0. The van der Waals surface area contributed by atoms with Crippen molar-refractivity contribution in [2.24, 2.45) is 28.6 Å². The predicted molar refractivity (Wildman–Crippen MR) is 107 cm³/mol. The monoisotopic (exact) mass is 388 g/mol. The molecule has 0 radical (unpaired) electrons. The van der Waals surface area contributed by atoms with E-state index in [4.69, 9.17) is 9.47 Å². The van der Waals surface area contributed by atoms with Crippen molar-refractivity contribution in [1.82, 2.24) is 0 Å². The highest BCUT2D eigenvalue weighted by atomic mass is 16.6. The lowest BCUT2D eigenvalue weighted by molar-refractivity contribution is -0.161. The van der Waals surface area contributed by atoms with Crippen LogP contribution < -0.4 is 0 Å². The highest BCUT2D eigenvalue weighted by Crippen LogP contribution is 2.66. The van der Waals surface area contributed by atoms with Crippen molar-refractivity contribution in [1.29, 1.82) is 0 Å². The van der Waals surface area contributed by atoms with Gasteiger partial charge < -0.3 is 9.47 Å². The molecule has 0 aromatic heterocycles. The first-order valence-corrected chi connectivity index (χ1v) is 11.1. The van der Waals surface area contributed by atoms with Crippen LogP contribution in [0.3, 0.4) is 0 Å². The number of esters is 2. The quantitative estimate of drug-likeness (QED) is 0.482. The molecule has 0 saturated heterocycles. The molecule has 4 rings (SSSR count). The Morgan fingerprint density at radius 2 is 1.71 bits per heavy atom. The van der Waals surface area contributed by atoms with Crippen LogP contribution in [0.15, 0.2) is 11.6 Å². The zero-order valence-electron chi connectivity index (χ0n) is 18.2. The standard InChI is InChI=1S/C24H36O4/c1-15(25)27-21-9-8-19-18-7-6-17-14-22(3,28-16(2)26)12-13-23(17,4)20(18)10-11-24(19,21)5/h6,18-21H,7-14H2,1-5H3/t18-,19+,20+,21+,22-,23-,24-/m0/s1. The van der Waals surface area contributed by atoms with E-state index in [0.717, 1.165) is 38.5 Å². The molecule has 0 spiro atoms. The Balaban J connectivity index is 1.58. The van der Waals surface area contributed by atoms with Crippen molar-refractivity contribution >= 4 is 11.9 Å². The molecule has 156 valence electrons. The van der Waals surface area contributed by atoms with Gasteiger partial charge >= 0.3 is 11.9 Å². The molecule has 0 bridgehead atoms. The second-order valence-corrected chi connectivity index (χ2v) is 10.7. The molecule has 3 saturated carbocycles. The fourth-order valence-corrected chi connectivity index (χ4v) is 7.57. The zero-order chi connectivity index (χ0) is 20.3. The molecule has 28 heavy (non-hydrogen) atoms. The molecule has 0 amide bonds. The van der Waals surface area contributed by atoms with Gasteiger partial charge in [-0.3, -0.25) is 9.59 Å². The number of fused-ring (bicyclic) bond motifs is 5. The molecule has 3 fully saturated rings. The largest absolute Gasteiger partial charge is 0.462 e. The Morgan fingerprint density at radius 1 is 0.964 bits per heavy atom. The number of ether oxygens (including phenoxy) is 2. The summed E-state index contributed by atoms with van der Waals surface area (Å²) in [5.74, 6) is 1.72. The molecule has 4 nitrogen and oxygen atoms in total. The summed E-state index contributed by atoms with van der Waals surface area (Å²) >= 11 is 0. The lowest BCUT2D eigenvalue weighted by Crippen LogP contribution is -2.53. The van der Waals surface area contributed by atoms with Crippen LogP contribution in [-0.4, -0.2) is 23.6 Å². The molecule has 0 aliphatic heterocycles. The van der Waals surface area contributed by atoms with E-state index in [9.17, 15) is 9.59 Å². The van der Waals surface area contributed by atoms with E-state index in [1.807, 2.05) is 0 Å². The zero-order valence-corrected chi connectivity index (χ0v) is 18.2. The molecule has 4 aliphatic carbocycles. The van der Waals surface area contributed by atoms with Crippen molar-refractivity contribution in [3.63, 3.8) is 0 Å².